The molecule has 0 N–H and O–H groups in total. The summed E-state index contributed by atoms with van der Waals surface area (Å²) in [6, 6.07) is 15.8. The Hall–Kier alpha value is -3.61. The van der Waals surface area contributed by atoms with Gasteiger partial charge in [-0.2, -0.15) is 0 Å². The van der Waals surface area contributed by atoms with Crippen molar-refractivity contribution in [1.29, 1.82) is 0 Å². The lowest BCUT2D eigenvalue weighted by Gasteiger charge is -2.18. The quantitative estimate of drug-likeness (QED) is 0.625. The maximum atomic E-state index is 13.1. The average molecular weight is 391 g/mol. The van der Waals surface area contributed by atoms with Crippen LogP contribution >= 0.6 is 0 Å². The number of ether oxygens (including phenoxy) is 1. The van der Waals surface area contributed by atoms with Crippen molar-refractivity contribution < 1.29 is 18.7 Å². The molecular formula is C22H18FN3O3. The summed E-state index contributed by atoms with van der Waals surface area (Å²) in [5.41, 5.74) is 1.26. The summed E-state index contributed by atoms with van der Waals surface area (Å²) in [6.07, 6.45) is 2.37. The number of carbonyl (C=O) groups is 2. The van der Waals surface area contributed by atoms with Gasteiger partial charge in [0.25, 0.3) is 5.91 Å². The standard InChI is InChI=1S/C22H18FN3O3/c23-16-12-24-22(25-13-16)29-17-10-11-26(14-17)21(28)19-9-5-4-8-18(19)20(27)15-6-2-1-3-7-15/h1-9,12-13,17H,10-11,14H2/t17-/m0/s1. The normalized spacial score (nSPS) is 15.9. The van der Waals surface area contributed by atoms with Crippen LogP contribution < -0.4 is 4.74 Å². The fraction of sp³-hybridized carbons (Fsp3) is 0.182. The summed E-state index contributed by atoms with van der Waals surface area (Å²) in [4.78, 5) is 35.2. The van der Waals surface area contributed by atoms with E-state index in [1.165, 1.54) is 0 Å². The first-order valence-electron chi connectivity index (χ1n) is 9.24. The Morgan fingerprint density at radius 3 is 2.34 bits per heavy atom. The Labute approximate surface area is 167 Å². The minimum absolute atomic E-state index is 0.0744. The van der Waals surface area contributed by atoms with Crippen molar-refractivity contribution in [2.45, 2.75) is 12.5 Å². The van der Waals surface area contributed by atoms with Gasteiger partial charge >= 0.3 is 6.01 Å². The van der Waals surface area contributed by atoms with Crippen LogP contribution in [0.15, 0.2) is 67.0 Å². The van der Waals surface area contributed by atoms with E-state index < -0.39 is 5.82 Å². The van der Waals surface area contributed by atoms with Crippen LogP contribution in [0.5, 0.6) is 6.01 Å². The lowest BCUT2D eigenvalue weighted by atomic mass is 9.97. The molecule has 1 fully saturated rings. The number of aromatic nitrogens is 2. The molecule has 4 rings (SSSR count). The largest absolute Gasteiger partial charge is 0.458 e. The van der Waals surface area contributed by atoms with Crippen molar-refractivity contribution in [1.82, 2.24) is 14.9 Å². The van der Waals surface area contributed by atoms with Crippen LogP contribution in [-0.4, -0.2) is 45.8 Å². The van der Waals surface area contributed by atoms with Gasteiger partial charge in [0, 0.05) is 24.1 Å². The highest BCUT2D eigenvalue weighted by atomic mass is 19.1. The molecule has 0 radical (unpaired) electrons. The second-order valence-corrected chi connectivity index (χ2v) is 6.70. The number of benzene rings is 2. The molecule has 1 aliphatic rings. The molecule has 1 aliphatic heterocycles. The van der Waals surface area contributed by atoms with Gasteiger partial charge in [-0.05, 0) is 6.07 Å². The average Bonchev–Trinajstić information content (AvgIpc) is 3.23. The van der Waals surface area contributed by atoms with Crippen LogP contribution in [0.4, 0.5) is 4.39 Å². The molecule has 0 aliphatic carbocycles. The van der Waals surface area contributed by atoms with E-state index in [0.717, 1.165) is 12.4 Å². The molecular weight excluding hydrogens is 373 g/mol. The minimum atomic E-state index is -0.541. The summed E-state index contributed by atoms with van der Waals surface area (Å²) < 4.78 is 18.6. The molecule has 29 heavy (non-hydrogen) atoms. The van der Waals surface area contributed by atoms with Crippen molar-refractivity contribution in [3.63, 3.8) is 0 Å². The van der Waals surface area contributed by atoms with Crippen LogP contribution in [0.25, 0.3) is 0 Å². The second-order valence-electron chi connectivity index (χ2n) is 6.70. The highest BCUT2D eigenvalue weighted by Gasteiger charge is 2.30. The highest BCUT2D eigenvalue weighted by molar-refractivity contribution is 6.15. The van der Waals surface area contributed by atoms with E-state index in [9.17, 15) is 14.0 Å². The van der Waals surface area contributed by atoms with Crippen LogP contribution in [0.2, 0.25) is 0 Å². The third-order valence-corrected chi connectivity index (χ3v) is 4.74. The summed E-state index contributed by atoms with van der Waals surface area (Å²) in [7, 11) is 0. The monoisotopic (exact) mass is 391 g/mol. The zero-order valence-corrected chi connectivity index (χ0v) is 15.5. The van der Waals surface area contributed by atoms with Gasteiger partial charge in [0.2, 0.25) is 0 Å². The van der Waals surface area contributed by atoms with Gasteiger partial charge in [0.05, 0.1) is 24.5 Å². The molecule has 0 unspecified atom stereocenters. The lowest BCUT2D eigenvalue weighted by Crippen LogP contribution is -2.32. The van der Waals surface area contributed by atoms with Crippen molar-refractivity contribution >= 4 is 11.7 Å². The van der Waals surface area contributed by atoms with Crippen molar-refractivity contribution in [2.24, 2.45) is 0 Å². The number of hydrogen-bond donors (Lipinski definition) is 0. The molecule has 2 aromatic carbocycles. The summed E-state index contributed by atoms with van der Waals surface area (Å²) in [5, 5.41) is 0. The van der Waals surface area contributed by atoms with Crippen LogP contribution in [0.3, 0.4) is 0 Å². The second kappa shape index (κ2) is 8.18. The lowest BCUT2D eigenvalue weighted by molar-refractivity contribution is 0.0765. The zero-order valence-electron chi connectivity index (χ0n) is 15.5. The summed E-state index contributed by atoms with van der Waals surface area (Å²) in [5.74, 6) is -0.961. The van der Waals surface area contributed by atoms with Crippen LogP contribution in [-0.2, 0) is 0 Å². The van der Waals surface area contributed by atoms with Crippen molar-refractivity contribution in [3.8, 4) is 6.01 Å². The predicted molar refractivity (Wildman–Crippen MR) is 103 cm³/mol. The molecule has 146 valence electrons. The molecule has 0 saturated carbocycles. The predicted octanol–water partition coefficient (Wildman–Crippen LogP) is 3.14. The van der Waals surface area contributed by atoms with Crippen LogP contribution in [0, 0.1) is 5.82 Å². The Morgan fingerprint density at radius 1 is 0.966 bits per heavy atom. The van der Waals surface area contributed by atoms with Crippen LogP contribution in [0.1, 0.15) is 32.7 Å². The smallest absolute Gasteiger partial charge is 0.316 e. The van der Waals surface area contributed by atoms with Gasteiger partial charge in [0.15, 0.2) is 11.6 Å². The zero-order chi connectivity index (χ0) is 20.2. The SMILES string of the molecule is O=C(c1ccccc1)c1ccccc1C(=O)N1CC[C@H](Oc2ncc(F)cn2)C1. The van der Waals surface area contributed by atoms with Gasteiger partial charge in [-0.15, -0.1) is 0 Å². The van der Waals surface area contributed by atoms with E-state index in [2.05, 4.69) is 9.97 Å². The summed E-state index contributed by atoms with van der Waals surface area (Å²) >= 11 is 0. The Balaban J connectivity index is 1.49. The molecule has 1 saturated heterocycles. The van der Waals surface area contributed by atoms with Crippen molar-refractivity contribution in [3.05, 3.63) is 89.5 Å². The maximum Gasteiger partial charge on any atom is 0.316 e. The van der Waals surface area contributed by atoms with Gasteiger partial charge in [0.1, 0.15) is 6.10 Å². The first-order valence-corrected chi connectivity index (χ1v) is 9.24. The summed E-state index contributed by atoms with van der Waals surface area (Å²) in [6.45, 7) is 0.825. The number of hydrogen-bond acceptors (Lipinski definition) is 5. The van der Waals surface area contributed by atoms with E-state index in [-0.39, 0.29) is 23.8 Å². The third kappa shape index (κ3) is 4.13. The number of carbonyl (C=O) groups excluding carboxylic acids is 2. The third-order valence-electron chi connectivity index (χ3n) is 4.74. The number of halogens is 1. The molecule has 2 heterocycles. The number of amides is 1. The van der Waals surface area contributed by atoms with Gasteiger partial charge in [-0.25, -0.2) is 14.4 Å². The molecule has 1 amide bonds. The molecule has 6 nitrogen and oxygen atoms in total. The van der Waals surface area contributed by atoms with E-state index in [1.807, 2.05) is 6.07 Å². The van der Waals surface area contributed by atoms with Gasteiger partial charge < -0.3 is 9.64 Å². The Kier molecular flexibility index (Phi) is 5.29. The van der Waals surface area contributed by atoms with Gasteiger partial charge in [-0.1, -0.05) is 48.5 Å². The topological polar surface area (TPSA) is 72.4 Å². The highest BCUT2D eigenvalue weighted by Crippen LogP contribution is 2.21. The molecule has 0 spiro atoms. The fourth-order valence-electron chi connectivity index (χ4n) is 3.30. The Bertz CT molecular complexity index is 1020. The van der Waals surface area contributed by atoms with E-state index in [4.69, 9.17) is 4.74 Å². The van der Waals surface area contributed by atoms with Crippen molar-refractivity contribution in [2.75, 3.05) is 13.1 Å². The minimum Gasteiger partial charge on any atom is -0.458 e. The first kappa shape index (κ1) is 18.7. The molecule has 1 aromatic heterocycles. The molecule has 0 bridgehead atoms. The molecule has 7 heteroatoms. The number of nitrogens with zero attached hydrogens (tertiary/aromatic N) is 3. The number of likely N-dealkylation sites (tertiary alicyclic amines) is 1. The Morgan fingerprint density at radius 2 is 1.62 bits per heavy atom. The molecule has 3 aromatic rings. The van der Waals surface area contributed by atoms with Gasteiger partial charge in [-0.3, -0.25) is 9.59 Å². The maximum absolute atomic E-state index is 13.1. The fourth-order valence-corrected chi connectivity index (χ4v) is 3.30. The first-order chi connectivity index (χ1) is 14.1. The van der Waals surface area contributed by atoms with E-state index in [0.29, 0.717) is 36.2 Å². The number of rotatable bonds is 5. The number of ketones is 1. The van der Waals surface area contributed by atoms with E-state index >= 15 is 0 Å². The van der Waals surface area contributed by atoms with E-state index in [1.54, 1.807) is 53.4 Å². The molecule has 1 atom stereocenters.